The number of rotatable bonds is 0. The molecule has 13 heavy (non-hydrogen) atoms. The van der Waals surface area contributed by atoms with Gasteiger partial charge in [0.05, 0.1) is 0 Å². The second kappa shape index (κ2) is 2.66. The summed E-state index contributed by atoms with van der Waals surface area (Å²) in [6.45, 7) is 1.85. The van der Waals surface area contributed by atoms with Gasteiger partial charge in [0.1, 0.15) is 11.5 Å². The van der Waals surface area contributed by atoms with Gasteiger partial charge in [0.2, 0.25) is 0 Å². The minimum absolute atomic E-state index is 0.218. The lowest BCUT2D eigenvalue weighted by Gasteiger charge is -2.02. The first-order chi connectivity index (χ1) is 6.16. The van der Waals surface area contributed by atoms with Crippen molar-refractivity contribution in [3.05, 3.63) is 35.9 Å². The van der Waals surface area contributed by atoms with E-state index >= 15 is 0 Å². The highest BCUT2D eigenvalue weighted by atomic mass is 16.3. The smallest absolute Gasteiger partial charge is 0.119 e. The van der Waals surface area contributed by atoms with E-state index in [4.69, 9.17) is 0 Å². The fourth-order valence-electron chi connectivity index (χ4n) is 1.39. The van der Waals surface area contributed by atoms with Gasteiger partial charge < -0.3 is 10.2 Å². The van der Waals surface area contributed by atoms with E-state index in [2.05, 4.69) is 0 Å². The molecular weight excluding hydrogens is 164 g/mol. The van der Waals surface area contributed by atoms with Gasteiger partial charge in [0.25, 0.3) is 0 Å². The van der Waals surface area contributed by atoms with Crippen LogP contribution in [-0.2, 0) is 0 Å². The van der Waals surface area contributed by atoms with E-state index in [1.165, 1.54) is 0 Å². The van der Waals surface area contributed by atoms with Crippen LogP contribution in [0.1, 0.15) is 5.56 Å². The van der Waals surface area contributed by atoms with Crippen molar-refractivity contribution in [3.8, 4) is 11.5 Å². The molecule has 2 rings (SSSR count). The zero-order chi connectivity index (χ0) is 9.42. The average Bonchev–Trinajstić information content (AvgIpc) is 2.08. The summed E-state index contributed by atoms with van der Waals surface area (Å²) in [5, 5.41) is 20.5. The molecule has 0 bridgehead atoms. The number of phenols is 2. The van der Waals surface area contributed by atoms with Crippen molar-refractivity contribution in [3.63, 3.8) is 0 Å². The van der Waals surface area contributed by atoms with Gasteiger partial charge in [-0.2, -0.15) is 0 Å². The third-order valence-corrected chi connectivity index (χ3v) is 2.14. The molecule has 66 valence electrons. The van der Waals surface area contributed by atoms with Gasteiger partial charge in [-0.1, -0.05) is 6.07 Å². The van der Waals surface area contributed by atoms with Crippen LogP contribution in [0.25, 0.3) is 10.8 Å². The second-order valence-corrected chi connectivity index (χ2v) is 3.17. The lowest BCUT2D eigenvalue weighted by molar-refractivity contribution is 0.471. The van der Waals surface area contributed by atoms with Crippen molar-refractivity contribution in [2.75, 3.05) is 0 Å². The number of fused-ring (bicyclic) bond motifs is 1. The predicted octanol–water partition coefficient (Wildman–Crippen LogP) is 2.56. The third-order valence-electron chi connectivity index (χ3n) is 2.14. The second-order valence-electron chi connectivity index (χ2n) is 3.17. The zero-order valence-electron chi connectivity index (χ0n) is 7.28. The number of phenolic OH excluding ortho intramolecular Hbond substituents is 2. The molecule has 0 atom stereocenters. The van der Waals surface area contributed by atoms with E-state index in [9.17, 15) is 10.2 Å². The van der Waals surface area contributed by atoms with E-state index in [0.29, 0.717) is 0 Å². The fourth-order valence-corrected chi connectivity index (χ4v) is 1.39. The van der Waals surface area contributed by atoms with E-state index in [-0.39, 0.29) is 11.5 Å². The molecular formula is C11H10O2. The molecule has 0 aliphatic carbocycles. The summed E-state index contributed by atoms with van der Waals surface area (Å²) in [5.41, 5.74) is 0.846. The zero-order valence-corrected chi connectivity index (χ0v) is 7.28. The molecule has 0 saturated heterocycles. The first-order valence-electron chi connectivity index (χ1n) is 4.09. The molecule has 0 aromatic heterocycles. The van der Waals surface area contributed by atoms with Gasteiger partial charge >= 0.3 is 0 Å². The minimum Gasteiger partial charge on any atom is -0.508 e. The lowest BCUT2D eigenvalue weighted by atomic mass is 10.1. The third kappa shape index (κ3) is 1.31. The normalized spacial score (nSPS) is 10.5. The molecule has 0 saturated carbocycles. The van der Waals surface area contributed by atoms with Gasteiger partial charge in [-0.3, -0.25) is 0 Å². The summed E-state index contributed by atoms with van der Waals surface area (Å²) in [4.78, 5) is 0. The number of hydrogen-bond donors (Lipinski definition) is 2. The van der Waals surface area contributed by atoms with E-state index in [1.807, 2.05) is 19.1 Å². The maximum absolute atomic E-state index is 9.43. The molecule has 2 aromatic rings. The van der Waals surface area contributed by atoms with Crippen molar-refractivity contribution in [1.29, 1.82) is 0 Å². The van der Waals surface area contributed by atoms with Crippen LogP contribution in [0, 0.1) is 6.92 Å². The monoisotopic (exact) mass is 174 g/mol. The van der Waals surface area contributed by atoms with E-state index in [1.54, 1.807) is 18.2 Å². The Morgan fingerprint density at radius 1 is 0.923 bits per heavy atom. The van der Waals surface area contributed by atoms with Gasteiger partial charge in [0, 0.05) is 0 Å². The highest BCUT2D eigenvalue weighted by Gasteiger charge is 1.99. The number of aryl methyl sites for hydroxylation is 1. The Morgan fingerprint density at radius 2 is 1.69 bits per heavy atom. The first kappa shape index (κ1) is 7.92. The first-order valence-corrected chi connectivity index (χ1v) is 4.09. The molecule has 2 heteroatoms. The fraction of sp³-hybridized carbons (Fsp3) is 0.0909. The van der Waals surface area contributed by atoms with E-state index in [0.717, 1.165) is 16.3 Å². The van der Waals surface area contributed by atoms with Gasteiger partial charge in [-0.25, -0.2) is 0 Å². The summed E-state index contributed by atoms with van der Waals surface area (Å²) < 4.78 is 0. The van der Waals surface area contributed by atoms with Crippen LogP contribution < -0.4 is 0 Å². The van der Waals surface area contributed by atoms with Crippen molar-refractivity contribution in [2.24, 2.45) is 0 Å². The highest BCUT2D eigenvalue weighted by molar-refractivity contribution is 5.86. The van der Waals surface area contributed by atoms with E-state index < -0.39 is 0 Å². The van der Waals surface area contributed by atoms with Crippen LogP contribution in [0.2, 0.25) is 0 Å². The van der Waals surface area contributed by atoms with Crippen molar-refractivity contribution in [1.82, 2.24) is 0 Å². The molecule has 0 unspecified atom stereocenters. The minimum atomic E-state index is 0.218. The Morgan fingerprint density at radius 3 is 2.46 bits per heavy atom. The lowest BCUT2D eigenvalue weighted by Crippen LogP contribution is -1.77. The SMILES string of the molecule is Cc1cc2ccc(O)cc2cc1O. The van der Waals surface area contributed by atoms with Gasteiger partial charge in [0.15, 0.2) is 0 Å². The molecule has 0 heterocycles. The number of benzene rings is 2. The maximum atomic E-state index is 9.43. The molecule has 2 nitrogen and oxygen atoms in total. The molecule has 2 N–H and O–H groups in total. The molecule has 0 radical (unpaired) electrons. The highest BCUT2D eigenvalue weighted by Crippen LogP contribution is 2.26. The van der Waals surface area contributed by atoms with Crippen molar-refractivity contribution in [2.45, 2.75) is 6.92 Å². The standard InChI is InChI=1S/C11H10O2/c1-7-4-8-2-3-10(12)5-9(8)6-11(7)13/h2-6,12-13H,1H3. The van der Waals surface area contributed by atoms with Gasteiger partial charge in [-0.15, -0.1) is 0 Å². The van der Waals surface area contributed by atoms with Crippen LogP contribution in [0.4, 0.5) is 0 Å². The largest absolute Gasteiger partial charge is 0.508 e. The molecule has 0 spiro atoms. The Balaban J connectivity index is 2.81. The van der Waals surface area contributed by atoms with Crippen molar-refractivity contribution >= 4 is 10.8 Å². The Kier molecular flexibility index (Phi) is 1.62. The van der Waals surface area contributed by atoms with Crippen LogP contribution in [0.15, 0.2) is 30.3 Å². The average molecular weight is 174 g/mol. The number of hydrogen-bond acceptors (Lipinski definition) is 2. The molecule has 0 fully saturated rings. The number of aromatic hydroxyl groups is 2. The molecule has 0 amide bonds. The Bertz CT molecular complexity index is 461. The summed E-state index contributed by atoms with van der Waals surface area (Å²) in [6, 6.07) is 8.65. The summed E-state index contributed by atoms with van der Waals surface area (Å²) in [6.07, 6.45) is 0. The van der Waals surface area contributed by atoms with Crippen molar-refractivity contribution < 1.29 is 10.2 Å². The van der Waals surface area contributed by atoms with Crippen LogP contribution >= 0.6 is 0 Å². The Labute approximate surface area is 76.1 Å². The molecule has 2 aromatic carbocycles. The maximum Gasteiger partial charge on any atom is 0.119 e. The summed E-state index contributed by atoms with van der Waals surface area (Å²) in [5.74, 6) is 0.480. The predicted molar refractivity (Wildman–Crippen MR) is 52.0 cm³/mol. The molecule has 0 aliphatic heterocycles. The quantitative estimate of drug-likeness (QED) is 0.644. The Hall–Kier alpha value is -1.70. The summed E-state index contributed by atoms with van der Waals surface area (Å²) >= 11 is 0. The van der Waals surface area contributed by atoms with Crippen LogP contribution in [0.3, 0.4) is 0 Å². The topological polar surface area (TPSA) is 40.5 Å². The molecule has 0 aliphatic rings. The van der Waals surface area contributed by atoms with Gasteiger partial charge in [-0.05, 0) is 47.5 Å². The summed E-state index contributed by atoms with van der Waals surface area (Å²) in [7, 11) is 0. The van der Waals surface area contributed by atoms with Crippen LogP contribution in [-0.4, -0.2) is 10.2 Å². The van der Waals surface area contributed by atoms with Crippen LogP contribution in [0.5, 0.6) is 11.5 Å².